The van der Waals surface area contributed by atoms with E-state index in [0.29, 0.717) is 0 Å². The Labute approximate surface area is 193 Å². The lowest BCUT2D eigenvalue weighted by molar-refractivity contribution is 0.0857. The van der Waals surface area contributed by atoms with Gasteiger partial charge in [0.2, 0.25) is 0 Å². The van der Waals surface area contributed by atoms with Crippen molar-refractivity contribution in [1.82, 2.24) is 20.0 Å². The first-order chi connectivity index (χ1) is 16.0. The molecule has 1 aliphatic heterocycles. The summed E-state index contributed by atoms with van der Waals surface area (Å²) in [6, 6.07) is 20.3. The summed E-state index contributed by atoms with van der Waals surface area (Å²) in [5, 5.41) is 8.51. The first-order valence-corrected chi connectivity index (χ1v) is 11.3. The zero-order valence-electron chi connectivity index (χ0n) is 19.2. The second kappa shape index (κ2) is 8.71. The van der Waals surface area contributed by atoms with Gasteiger partial charge in [0.05, 0.1) is 17.8 Å². The molecule has 4 aromatic rings. The van der Waals surface area contributed by atoms with E-state index in [-0.39, 0.29) is 11.9 Å². The number of nitrogens with one attached hydrogen (secondary N) is 1. The van der Waals surface area contributed by atoms with Crippen molar-refractivity contribution in [3.8, 4) is 22.6 Å². The highest BCUT2D eigenvalue weighted by Crippen LogP contribution is 2.30. The Hall–Kier alpha value is -3.64. The van der Waals surface area contributed by atoms with Gasteiger partial charge in [-0.05, 0) is 60.5 Å². The predicted molar refractivity (Wildman–Crippen MR) is 131 cm³/mol. The second-order valence-electron chi connectivity index (χ2n) is 8.74. The summed E-state index contributed by atoms with van der Waals surface area (Å²) in [7, 11) is 3.98. The molecule has 0 saturated carbocycles. The molecule has 5 rings (SSSR count). The number of carbonyl (C=O) groups is 1. The Morgan fingerprint density at radius 3 is 2.61 bits per heavy atom. The number of rotatable bonds is 6. The minimum Gasteiger partial charge on any atom is -0.457 e. The van der Waals surface area contributed by atoms with Gasteiger partial charge in [0.25, 0.3) is 5.91 Å². The van der Waals surface area contributed by atoms with Gasteiger partial charge in [-0.2, -0.15) is 5.10 Å². The molecule has 1 aliphatic rings. The van der Waals surface area contributed by atoms with Gasteiger partial charge in [-0.1, -0.05) is 31.2 Å². The first-order valence-electron chi connectivity index (χ1n) is 11.3. The van der Waals surface area contributed by atoms with E-state index in [0.717, 1.165) is 64.2 Å². The summed E-state index contributed by atoms with van der Waals surface area (Å²) in [4.78, 5) is 15.0. The van der Waals surface area contributed by atoms with Crippen molar-refractivity contribution in [3.05, 3.63) is 78.0 Å². The van der Waals surface area contributed by atoms with E-state index >= 15 is 0 Å². The van der Waals surface area contributed by atoms with Crippen LogP contribution in [0.4, 0.5) is 0 Å². The molecule has 1 fully saturated rings. The predicted octanol–water partition coefficient (Wildman–Crippen LogP) is 4.64. The number of fused-ring (bicyclic) bond motifs is 1. The summed E-state index contributed by atoms with van der Waals surface area (Å²) in [6.07, 6.45) is 2.64. The Morgan fingerprint density at radius 1 is 1.03 bits per heavy atom. The van der Waals surface area contributed by atoms with Crippen LogP contribution in [0, 0.1) is 0 Å². The van der Waals surface area contributed by atoms with Crippen molar-refractivity contribution in [1.29, 1.82) is 0 Å². The average Bonchev–Trinajstić information content (AvgIpc) is 3.18. The third kappa shape index (κ3) is 4.34. The van der Waals surface area contributed by atoms with Crippen molar-refractivity contribution >= 4 is 16.8 Å². The molecular formula is C27H28N4O2. The molecule has 0 spiro atoms. The minimum atomic E-state index is 0.0131. The van der Waals surface area contributed by atoms with Gasteiger partial charge in [-0.25, -0.2) is 0 Å². The van der Waals surface area contributed by atoms with E-state index in [1.54, 1.807) is 0 Å². The van der Waals surface area contributed by atoms with Crippen LogP contribution in [0.25, 0.3) is 22.0 Å². The van der Waals surface area contributed by atoms with Crippen molar-refractivity contribution in [2.45, 2.75) is 19.4 Å². The van der Waals surface area contributed by atoms with Gasteiger partial charge in [0.1, 0.15) is 11.5 Å². The van der Waals surface area contributed by atoms with Crippen molar-refractivity contribution in [2.24, 2.45) is 7.05 Å². The number of likely N-dealkylation sites (tertiary alicyclic amines) is 1. The molecule has 6 nitrogen and oxygen atoms in total. The summed E-state index contributed by atoms with van der Waals surface area (Å²) in [6.45, 7) is 3.90. The summed E-state index contributed by atoms with van der Waals surface area (Å²) >= 11 is 0. The molecule has 1 saturated heterocycles. The number of aryl methyl sites for hydroxylation is 2. The summed E-state index contributed by atoms with van der Waals surface area (Å²) < 4.78 is 7.99. The van der Waals surface area contributed by atoms with Crippen LogP contribution in [0.2, 0.25) is 0 Å². The van der Waals surface area contributed by atoms with Crippen LogP contribution >= 0.6 is 0 Å². The largest absolute Gasteiger partial charge is 0.457 e. The molecule has 0 atom stereocenters. The normalized spacial score (nSPS) is 14.3. The van der Waals surface area contributed by atoms with E-state index < -0.39 is 0 Å². The number of hydrogen-bond acceptors (Lipinski definition) is 4. The minimum absolute atomic E-state index is 0.0131. The Kier molecular flexibility index (Phi) is 5.60. The average molecular weight is 441 g/mol. The first kappa shape index (κ1) is 21.2. The highest BCUT2D eigenvalue weighted by Gasteiger charge is 2.25. The monoisotopic (exact) mass is 440 g/mol. The van der Waals surface area contributed by atoms with Gasteiger partial charge in [-0.15, -0.1) is 0 Å². The van der Waals surface area contributed by atoms with Gasteiger partial charge >= 0.3 is 0 Å². The zero-order valence-corrected chi connectivity index (χ0v) is 19.2. The number of likely N-dealkylation sites (N-methyl/N-ethyl adjacent to an activating group) is 1. The quantitative estimate of drug-likeness (QED) is 0.475. The Morgan fingerprint density at radius 2 is 1.82 bits per heavy atom. The molecule has 1 aromatic heterocycles. The summed E-state index contributed by atoms with van der Waals surface area (Å²) in [5.41, 5.74) is 4.95. The third-order valence-corrected chi connectivity index (χ3v) is 6.25. The molecule has 1 N–H and O–H groups in total. The number of carbonyl (C=O) groups excluding carboxylic acids is 1. The number of benzene rings is 3. The van der Waals surface area contributed by atoms with Crippen molar-refractivity contribution in [3.63, 3.8) is 0 Å². The highest BCUT2D eigenvalue weighted by molar-refractivity contribution is 5.96. The molecular weight excluding hydrogens is 412 g/mol. The fraction of sp³-hybridized carbons (Fsp3) is 0.259. The van der Waals surface area contributed by atoms with Crippen LogP contribution in [0.5, 0.6) is 11.5 Å². The molecule has 0 radical (unpaired) electrons. The van der Waals surface area contributed by atoms with E-state index in [2.05, 4.69) is 41.4 Å². The van der Waals surface area contributed by atoms with Gasteiger partial charge in [0, 0.05) is 37.2 Å². The van der Waals surface area contributed by atoms with Crippen molar-refractivity contribution < 1.29 is 9.53 Å². The Bertz CT molecular complexity index is 1320. The van der Waals surface area contributed by atoms with Crippen LogP contribution in [-0.4, -0.2) is 46.8 Å². The lowest BCUT2D eigenvalue weighted by Gasteiger charge is -2.36. The number of amides is 1. The fourth-order valence-corrected chi connectivity index (χ4v) is 4.40. The maximum absolute atomic E-state index is 12.8. The van der Waals surface area contributed by atoms with Gasteiger partial charge in [-0.3, -0.25) is 9.48 Å². The van der Waals surface area contributed by atoms with E-state index in [9.17, 15) is 4.79 Å². The molecule has 168 valence electrons. The van der Waals surface area contributed by atoms with Crippen LogP contribution in [0.3, 0.4) is 0 Å². The SMILES string of the molecule is CCc1cc(-c2cccc(Oc3ccc4cnn(C)c4c3)c2)ccc1C(=O)NC1CN(C)C1. The molecule has 0 aliphatic carbocycles. The molecule has 0 unspecified atom stereocenters. The summed E-state index contributed by atoms with van der Waals surface area (Å²) in [5.74, 6) is 1.55. The number of nitrogens with zero attached hydrogens (tertiary/aromatic N) is 3. The lowest BCUT2D eigenvalue weighted by atomic mass is 9.96. The highest BCUT2D eigenvalue weighted by atomic mass is 16.5. The number of aromatic nitrogens is 2. The fourth-order valence-electron chi connectivity index (χ4n) is 4.40. The second-order valence-corrected chi connectivity index (χ2v) is 8.74. The molecule has 6 heteroatoms. The number of ether oxygens (including phenoxy) is 1. The van der Waals surface area contributed by atoms with Gasteiger partial charge in [0.15, 0.2) is 0 Å². The maximum Gasteiger partial charge on any atom is 0.251 e. The van der Waals surface area contributed by atoms with Crippen molar-refractivity contribution in [2.75, 3.05) is 20.1 Å². The van der Waals surface area contributed by atoms with Gasteiger partial charge < -0.3 is 15.0 Å². The molecule has 3 aromatic carbocycles. The van der Waals surface area contributed by atoms with Crippen LogP contribution in [-0.2, 0) is 13.5 Å². The van der Waals surface area contributed by atoms with Crippen LogP contribution < -0.4 is 10.1 Å². The molecule has 2 heterocycles. The topological polar surface area (TPSA) is 59.4 Å². The standard InChI is InChI=1S/C27H28N4O2/c1-4-18-12-20(9-11-25(18)27(32)29-22-16-30(2)17-22)19-6-5-7-23(13-19)33-24-10-8-21-15-28-31(3)26(21)14-24/h5-15,22H,4,16-17H2,1-3H3,(H,29,32). The van der Waals surface area contributed by atoms with E-state index in [1.165, 1.54) is 0 Å². The van der Waals surface area contributed by atoms with E-state index in [1.807, 2.05) is 66.5 Å². The zero-order chi connectivity index (χ0) is 22.9. The molecule has 1 amide bonds. The third-order valence-electron chi connectivity index (χ3n) is 6.25. The Balaban J connectivity index is 1.37. The smallest absolute Gasteiger partial charge is 0.251 e. The van der Waals surface area contributed by atoms with E-state index in [4.69, 9.17) is 4.74 Å². The maximum atomic E-state index is 12.8. The van der Waals surface area contributed by atoms with Crippen LogP contribution in [0.15, 0.2) is 66.9 Å². The molecule has 0 bridgehead atoms. The number of hydrogen-bond donors (Lipinski definition) is 1. The van der Waals surface area contributed by atoms with Crippen LogP contribution in [0.1, 0.15) is 22.8 Å². The lowest BCUT2D eigenvalue weighted by Crippen LogP contribution is -2.57. The molecule has 33 heavy (non-hydrogen) atoms.